The second kappa shape index (κ2) is 8.91. The molecular weight excluding hydrogens is 434 g/mol. The number of hydrogen-bond acceptors (Lipinski definition) is 5. The van der Waals surface area contributed by atoms with E-state index in [1.165, 1.54) is 23.2 Å². The first-order valence-corrected chi connectivity index (χ1v) is 9.88. The molecule has 4 rings (SSSR count). The maximum absolute atomic E-state index is 12.7. The number of non-ortho nitro benzene ring substituents is 1. The van der Waals surface area contributed by atoms with Gasteiger partial charge in [0.15, 0.2) is 0 Å². The van der Waals surface area contributed by atoms with E-state index in [0.717, 1.165) is 5.56 Å². The fraction of sp³-hybridized carbons (Fsp3) is 0.0435. The third kappa shape index (κ3) is 4.45. The Labute approximate surface area is 187 Å². The highest BCUT2D eigenvalue weighted by Crippen LogP contribution is 2.28. The van der Waals surface area contributed by atoms with Crippen molar-refractivity contribution in [2.24, 2.45) is 0 Å². The van der Waals surface area contributed by atoms with Crippen molar-refractivity contribution in [1.29, 1.82) is 0 Å². The molecule has 0 saturated carbocycles. The van der Waals surface area contributed by atoms with E-state index in [1.54, 1.807) is 54.6 Å². The number of ether oxygens (including phenoxy) is 1. The molecule has 9 heteroatoms. The average Bonchev–Trinajstić information content (AvgIpc) is 3.07. The van der Waals surface area contributed by atoms with Crippen LogP contribution in [0.1, 0.15) is 11.1 Å². The third-order valence-corrected chi connectivity index (χ3v) is 5.01. The van der Waals surface area contributed by atoms with Crippen molar-refractivity contribution < 1.29 is 19.2 Å². The van der Waals surface area contributed by atoms with Crippen LogP contribution < -0.4 is 15.2 Å². The maximum Gasteiger partial charge on any atom is 0.282 e. The van der Waals surface area contributed by atoms with Gasteiger partial charge in [0, 0.05) is 12.1 Å². The normalized spacial score (nSPS) is 14.5. The molecule has 0 atom stereocenters. The predicted octanol–water partition coefficient (Wildman–Crippen LogP) is 4.29. The Morgan fingerprint density at radius 3 is 2.41 bits per heavy atom. The van der Waals surface area contributed by atoms with Crippen molar-refractivity contribution >= 4 is 40.9 Å². The quantitative estimate of drug-likeness (QED) is 0.262. The Morgan fingerprint density at radius 1 is 1.03 bits per heavy atom. The summed E-state index contributed by atoms with van der Waals surface area (Å²) < 4.78 is 5.69. The van der Waals surface area contributed by atoms with Gasteiger partial charge in [-0.3, -0.25) is 25.1 Å². The summed E-state index contributed by atoms with van der Waals surface area (Å²) >= 11 is 6.31. The Bertz CT molecular complexity index is 1230. The van der Waals surface area contributed by atoms with Gasteiger partial charge in [0.1, 0.15) is 17.9 Å². The summed E-state index contributed by atoms with van der Waals surface area (Å²) in [5.74, 6) is -0.565. The first kappa shape index (κ1) is 21.1. The van der Waals surface area contributed by atoms with E-state index in [-0.39, 0.29) is 17.9 Å². The van der Waals surface area contributed by atoms with E-state index in [1.807, 2.05) is 6.07 Å². The number of hydrogen-bond donors (Lipinski definition) is 1. The van der Waals surface area contributed by atoms with Crippen LogP contribution in [0, 0.1) is 10.1 Å². The zero-order chi connectivity index (χ0) is 22.7. The Hall–Kier alpha value is -4.17. The van der Waals surface area contributed by atoms with Gasteiger partial charge in [-0.1, -0.05) is 35.9 Å². The van der Waals surface area contributed by atoms with Crippen molar-refractivity contribution in [3.63, 3.8) is 0 Å². The van der Waals surface area contributed by atoms with Gasteiger partial charge in [0.2, 0.25) is 0 Å². The SMILES string of the molecule is O=C1NN(c2ccccc2)C(=O)/C1=C\c1ccc(OCc2ccc([N+](=O)[O-])cc2)c(Cl)c1. The first-order valence-electron chi connectivity index (χ1n) is 9.50. The average molecular weight is 450 g/mol. The van der Waals surface area contributed by atoms with Gasteiger partial charge in [-0.15, -0.1) is 0 Å². The number of rotatable bonds is 6. The highest BCUT2D eigenvalue weighted by molar-refractivity contribution is 6.33. The van der Waals surface area contributed by atoms with E-state index in [9.17, 15) is 19.7 Å². The van der Waals surface area contributed by atoms with Crippen LogP contribution in [0.2, 0.25) is 5.02 Å². The Balaban J connectivity index is 1.47. The van der Waals surface area contributed by atoms with Gasteiger partial charge in [-0.2, -0.15) is 0 Å². The van der Waals surface area contributed by atoms with Crippen LogP contribution in [-0.2, 0) is 16.2 Å². The molecule has 3 aromatic rings. The summed E-state index contributed by atoms with van der Waals surface area (Å²) in [6, 6.07) is 19.7. The number of nitro benzene ring substituents is 1. The summed E-state index contributed by atoms with van der Waals surface area (Å²) in [7, 11) is 0. The minimum absolute atomic E-state index is 0.000462. The number of halogens is 1. The fourth-order valence-corrected chi connectivity index (χ4v) is 3.33. The number of amides is 2. The van der Waals surface area contributed by atoms with Crippen LogP contribution >= 0.6 is 11.6 Å². The number of carbonyl (C=O) groups excluding carboxylic acids is 2. The molecule has 2 amide bonds. The van der Waals surface area contributed by atoms with Crippen molar-refractivity contribution in [2.75, 3.05) is 5.01 Å². The molecule has 8 nitrogen and oxygen atoms in total. The van der Waals surface area contributed by atoms with E-state index < -0.39 is 16.7 Å². The lowest BCUT2D eigenvalue weighted by Gasteiger charge is -2.13. The highest BCUT2D eigenvalue weighted by atomic mass is 35.5. The van der Waals surface area contributed by atoms with E-state index in [2.05, 4.69) is 5.43 Å². The van der Waals surface area contributed by atoms with Crippen LogP contribution in [0.5, 0.6) is 5.75 Å². The fourth-order valence-electron chi connectivity index (χ4n) is 3.08. The molecule has 1 fully saturated rings. The van der Waals surface area contributed by atoms with E-state index in [0.29, 0.717) is 22.0 Å². The Morgan fingerprint density at radius 2 is 1.75 bits per heavy atom. The van der Waals surface area contributed by atoms with Crippen LogP contribution in [0.3, 0.4) is 0 Å². The molecule has 0 unspecified atom stereocenters. The third-order valence-electron chi connectivity index (χ3n) is 4.71. The molecule has 0 bridgehead atoms. The predicted molar refractivity (Wildman–Crippen MR) is 119 cm³/mol. The minimum Gasteiger partial charge on any atom is -0.487 e. The number of nitrogens with zero attached hydrogens (tertiary/aromatic N) is 2. The largest absolute Gasteiger partial charge is 0.487 e. The summed E-state index contributed by atoms with van der Waals surface area (Å²) in [6.07, 6.45) is 1.46. The second-order valence-electron chi connectivity index (χ2n) is 6.88. The molecule has 0 aromatic heterocycles. The number of para-hydroxylation sites is 1. The summed E-state index contributed by atoms with van der Waals surface area (Å²) in [5.41, 5.74) is 4.39. The van der Waals surface area contributed by atoms with Gasteiger partial charge in [0.25, 0.3) is 17.5 Å². The van der Waals surface area contributed by atoms with Crippen molar-refractivity contribution in [3.05, 3.63) is 105 Å². The molecule has 160 valence electrons. The minimum atomic E-state index is -0.506. The van der Waals surface area contributed by atoms with E-state index >= 15 is 0 Å². The van der Waals surface area contributed by atoms with Crippen molar-refractivity contribution in [1.82, 2.24) is 5.43 Å². The Kier molecular flexibility index (Phi) is 5.87. The summed E-state index contributed by atoms with van der Waals surface area (Å²) in [6.45, 7) is 0.172. The molecule has 1 aliphatic heterocycles. The molecule has 0 spiro atoms. The van der Waals surface area contributed by atoms with Crippen LogP contribution in [0.4, 0.5) is 11.4 Å². The lowest BCUT2D eigenvalue weighted by Crippen LogP contribution is -2.35. The topological polar surface area (TPSA) is 102 Å². The summed E-state index contributed by atoms with van der Waals surface area (Å²) in [5, 5.41) is 12.2. The lowest BCUT2D eigenvalue weighted by atomic mass is 10.1. The smallest absolute Gasteiger partial charge is 0.282 e. The lowest BCUT2D eigenvalue weighted by molar-refractivity contribution is -0.384. The molecule has 3 aromatic carbocycles. The number of hydrazine groups is 1. The number of carbonyl (C=O) groups is 2. The number of benzene rings is 3. The molecule has 1 N–H and O–H groups in total. The van der Waals surface area contributed by atoms with Crippen LogP contribution in [-0.4, -0.2) is 16.7 Å². The number of anilines is 1. The molecule has 0 radical (unpaired) electrons. The molecule has 0 aliphatic carbocycles. The number of nitrogens with one attached hydrogen (secondary N) is 1. The zero-order valence-corrected chi connectivity index (χ0v) is 17.3. The number of nitro groups is 1. The van der Waals surface area contributed by atoms with Crippen LogP contribution in [0.25, 0.3) is 6.08 Å². The zero-order valence-electron chi connectivity index (χ0n) is 16.5. The van der Waals surface area contributed by atoms with Gasteiger partial charge in [-0.05, 0) is 53.6 Å². The van der Waals surface area contributed by atoms with Crippen molar-refractivity contribution in [2.45, 2.75) is 6.61 Å². The van der Waals surface area contributed by atoms with Gasteiger partial charge in [-0.25, -0.2) is 5.01 Å². The highest BCUT2D eigenvalue weighted by Gasteiger charge is 2.34. The summed E-state index contributed by atoms with van der Waals surface area (Å²) in [4.78, 5) is 35.2. The van der Waals surface area contributed by atoms with Crippen molar-refractivity contribution in [3.8, 4) is 5.75 Å². The van der Waals surface area contributed by atoms with E-state index in [4.69, 9.17) is 16.3 Å². The first-order chi connectivity index (χ1) is 15.4. The second-order valence-corrected chi connectivity index (χ2v) is 7.28. The maximum atomic E-state index is 12.7. The van der Waals surface area contributed by atoms with Gasteiger partial charge < -0.3 is 4.74 Å². The van der Waals surface area contributed by atoms with Gasteiger partial charge in [0.05, 0.1) is 15.6 Å². The molecular formula is C23H16ClN3O5. The molecule has 32 heavy (non-hydrogen) atoms. The van der Waals surface area contributed by atoms with Gasteiger partial charge >= 0.3 is 0 Å². The monoisotopic (exact) mass is 449 g/mol. The van der Waals surface area contributed by atoms with Crippen LogP contribution in [0.15, 0.2) is 78.4 Å². The molecule has 1 saturated heterocycles. The molecule has 1 heterocycles. The standard InChI is InChI=1S/C23H16ClN3O5/c24-20-13-16(8-11-21(20)32-14-15-6-9-18(10-7-15)27(30)31)12-19-22(28)25-26(23(19)29)17-4-2-1-3-5-17/h1-13H,14H2,(H,25,28)/b19-12-. The molecule has 1 aliphatic rings.